The van der Waals surface area contributed by atoms with E-state index in [9.17, 15) is 14.8 Å². The molecule has 0 radical (unpaired) electrons. The Labute approximate surface area is 150 Å². The number of ether oxygens (including phenoxy) is 1. The van der Waals surface area contributed by atoms with Crippen molar-refractivity contribution in [3.63, 3.8) is 0 Å². The second-order valence-corrected chi connectivity index (χ2v) is 7.68. The summed E-state index contributed by atoms with van der Waals surface area (Å²) in [4.78, 5) is 18.0. The lowest BCUT2D eigenvalue weighted by atomic mass is 9.86. The van der Waals surface area contributed by atoms with Crippen LogP contribution in [0.4, 0.5) is 4.79 Å². The minimum Gasteiger partial charge on any atom is -0.443 e. The van der Waals surface area contributed by atoms with Crippen LogP contribution in [0.3, 0.4) is 0 Å². The summed E-state index contributed by atoms with van der Waals surface area (Å²) in [6.45, 7) is 5.28. The third kappa shape index (κ3) is 3.66. The van der Waals surface area contributed by atoms with Crippen molar-refractivity contribution in [1.82, 2.24) is 9.55 Å². The van der Waals surface area contributed by atoms with E-state index in [1.54, 1.807) is 50.9 Å². The largest absolute Gasteiger partial charge is 0.506 e. The highest BCUT2D eigenvalue weighted by Crippen LogP contribution is 2.33. The quantitative estimate of drug-likeness (QED) is 0.801. The molecule has 3 rings (SSSR count). The van der Waals surface area contributed by atoms with Crippen LogP contribution in [0.15, 0.2) is 36.6 Å². The van der Waals surface area contributed by atoms with Gasteiger partial charge in [0, 0.05) is 22.2 Å². The lowest BCUT2D eigenvalue weighted by Gasteiger charge is -2.21. The Balaban J connectivity index is 2.19. The van der Waals surface area contributed by atoms with Crippen LogP contribution >= 0.6 is 11.8 Å². The van der Waals surface area contributed by atoms with E-state index < -0.39 is 18.8 Å². The van der Waals surface area contributed by atoms with Crippen LogP contribution in [0.25, 0.3) is 15.8 Å². The second kappa shape index (κ2) is 6.70. The van der Waals surface area contributed by atoms with Crippen LogP contribution in [0.2, 0.25) is 0 Å². The van der Waals surface area contributed by atoms with Gasteiger partial charge in [-0.25, -0.2) is 4.79 Å². The number of carbonyl (C=O) groups excluding carboxylic acids is 1. The van der Waals surface area contributed by atoms with Crippen LogP contribution < -0.4 is 5.59 Å². The second-order valence-electron chi connectivity index (χ2n) is 6.62. The van der Waals surface area contributed by atoms with Crippen molar-refractivity contribution in [1.29, 1.82) is 0 Å². The summed E-state index contributed by atoms with van der Waals surface area (Å²) in [7, 11) is -1.80. The molecule has 0 spiro atoms. The van der Waals surface area contributed by atoms with E-state index in [4.69, 9.17) is 4.74 Å². The third-order valence-corrected chi connectivity index (χ3v) is 4.55. The molecule has 0 bridgehead atoms. The van der Waals surface area contributed by atoms with Gasteiger partial charge in [0.15, 0.2) is 0 Å². The molecule has 0 aromatic carbocycles. The smallest absolute Gasteiger partial charge is 0.443 e. The third-order valence-electron chi connectivity index (χ3n) is 3.55. The maximum atomic E-state index is 12.6. The maximum Gasteiger partial charge on any atom is 0.506 e. The molecular weight excluding hydrogens is 339 g/mol. The first kappa shape index (κ1) is 17.8. The zero-order valence-corrected chi connectivity index (χ0v) is 15.1. The first-order valence-electron chi connectivity index (χ1n) is 7.88. The summed E-state index contributed by atoms with van der Waals surface area (Å²) >= 11 is 1.63. The molecule has 6 nitrogen and oxygen atoms in total. The molecule has 8 heteroatoms. The molecule has 2 aromatic rings. The van der Waals surface area contributed by atoms with Crippen molar-refractivity contribution in [3.8, 4) is 0 Å². The summed E-state index contributed by atoms with van der Waals surface area (Å²) in [5.41, 5.74) is 0.582. The molecule has 0 atom stereocenters. The summed E-state index contributed by atoms with van der Waals surface area (Å²) in [6, 6.07) is 3.24. The fourth-order valence-electron chi connectivity index (χ4n) is 2.59. The number of hydrogen-bond acceptors (Lipinski definition) is 6. The number of allylic oxidation sites excluding steroid dienone is 2. The van der Waals surface area contributed by atoms with Crippen LogP contribution in [0.5, 0.6) is 0 Å². The number of aromatic nitrogens is 2. The molecule has 0 saturated carbocycles. The van der Waals surface area contributed by atoms with Crippen LogP contribution in [0.1, 0.15) is 26.5 Å². The normalized spacial score (nSPS) is 14.5. The molecule has 0 fully saturated rings. The van der Waals surface area contributed by atoms with Gasteiger partial charge in [0.2, 0.25) is 0 Å². The Morgan fingerprint density at radius 1 is 1.40 bits per heavy atom. The molecule has 0 aliphatic carbocycles. The monoisotopic (exact) mass is 358 g/mol. The van der Waals surface area contributed by atoms with Gasteiger partial charge < -0.3 is 14.8 Å². The van der Waals surface area contributed by atoms with Crippen molar-refractivity contribution >= 4 is 46.4 Å². The van der Waals surface area contributed by atoms with Crippen molar-refractivity contribution < 1.29 is 19.6 Å². The Hall–Kier alpha value is -2.03. The van der Waals surface area contributed by atoms with E-state index in [1.165, 1.54) is 4.57 Å². The predicted molar refractivity (Wildman–Crippen MR) is 101 cm³/mol. The van der Waals surface area contributed by atoms with Gasteiger partial charge in [-0.05, 0) is 39.0 Å². The minimum absolute atomic E-state index is 0.0513. The van der Waals surface area contributed by atoms with Gasteiger partial charge >= 0.3 is 13.2 Å². The summed E-state index contributed by atoms with van der Waals surface area (Å²) in [6.07, 6.45) is 6.90. The zero-order valence-electron chi connectivity index (χ0n) is 14.3. The topological polar surface area (TPSA) is 84.6 Å². The van der Waals surface area contributed by atoms with E-state index in [0.29, 0.717) is 16.6 Å². The van der Waals surface area contributed by atoms with Crippen molar-refractivity contribution in [2.24, 2.45) is 0 Å². The van der Waals surface area contributed by atoms with E-state index in [2.05, 4.69) is 4.98 Å². The molecule has 0 amide bonds. The number of carbonyl (C=O) groups is 1. The lowest BCUT2D eigenvalue weighted by molar-refractivity contribution is 0.0547. The average Bonchev–Trinajstić information content (AvgIpc) is 2.94. The fraction of sp³-hybridized carbons (Fsp3) is 0.294. The van der Waals surface area contributed by atoms with Gasteiger partial charge in [0.25, 0.3) is 0 Å². The Kier molecular flexibility index (Phi) is 4.77. The van der Waals surface area contributed by atoms with Crippen molar-refractivity contribution in [2.45, 2.75) is 26.4 Å². The first-order valence-corrected chi connectivity index (χ1v) is 8.86. The minimum atomic E-state index is -1.80. The first-order chi connectivity index (χ1) is 11.8. The number of nitrogens with zero attached hydrogens (tertiary/aromatic N) is 2. The highest BCUT2D eigenvalue weighted by atomic mass is 32.2. The molecule has 2 N–H and O–H groups in total. The average molecular weight is 358 g/mol. The number of pyridine rings is 1. The summed E-state index contributed by atoms with van der Waals surface area (Å²) < 4.78 is 6.61. The zero-order chi connectivity index (χ0) is 18.2. The highest BCUT2D eigenvalue weighted by molar-refractivity contribution is 8.08. The van der Waals surface area contributed by atoms with E-state index in [0.717, 1.165) is 10.7 Å². The molecule has 0 unspecified atom stereocenters. The predicted octanol–water partition coefficient (Wildman–Crippen LogP) is 2.14. The molecule has 25 heavy (non-hydrogen) atoms. The van der Waals surface area contributed by atoms with Crippen molar-refractivity contribution in [3.05, 3.63) is 42.3 Å². The van der Waals surface area contributed by atoms with E-state index in [-0.39, 0.29) is 5.59 Å². The number of fused-ring (bicyclic) bond motifs is 1. The highest BCUT2D eigenvalue weighted by Gasteiger charge is 2.28. The van der Waals surface area contributed by atoms with E-state index >= 15 is 0 Å². The molecule has 3 heterocycles. The van der Waals surface area contributed by atoms with Gasteiger partial charge in [-0.3, -0.25) is 9.55 Å². The molecule has 1 aliphatic heterocycles. The van der Waals surface area contributed by atoms with Gasteiger partial charge in [0.1, 0.15) is 5.60 Å². The number of rotatable bonds is 2. The van der Waals surface area contributed by atoms with Gasteiger partial charge in [-0.2, -0.15) is 0 Å². The lowest BCUT2D eigenvalue weighted by Crippen LogP contribution is -2.40. The summed E-state index contributed by atoms with van der Waals surface area (Å²) in [5, 5.41) is 20.1. The molecular formula is C17H19BN2O4S. The Morgan fingerprint density at radius 2 is 2.16 bits per heavy atom. The SMILES string of the molecule is CC(C)(C)OC(=O)n1c(B(O)O)cc2c(C3=CC=CCS3)nccc21. The fourth-order valence-corrected chi connectivity index (χ4v) is 3.45. The van der Waals surface area contributed by atoms with Crippen LogP contribution in [-0.2, 0) is 4.74 Å². The van der Waals surface area contributed by atoms with Gasteiger partial charge in [0.05, 0.1) is 16.8 Å². The molecule has 1 aliphatic rings. The Bertz CT molecular complexity index is 881. The van der Waals surface area contributed by atoms with Crippen LogP contribution in [-0.4, -0.2) is 44.2 Å². The van der Waals surface area contributed by atoms with Gasteiger partial charge in [-0.1, -0.05) is 12.2 Å². The molecule has 0 saturated heterocycles. The number of hydrogen-bond donors (Lipinski definition) is 2. The molecule has 130 valence electrons. The van der Waals surface area contributed by atoms with Crippen molar-refractivity contribution in [2.75, 3.05) is 5.75 Å². The van der Waals surface area contributed by atoms with Crippen LogP contribution in [0, 0.1) is 0 Å². The molecule has 2 aromatic heterocycles. The summed E-state index contributed by atoms with van der Waals surface area (Å²) in [5.74, 6) is 0.839. The van der Waals surface area contributed by atoms with E-state index in [1.807, 2.05) is 18.2 Å². The number of thioether (sulfide) groups is 1. The maximum absolute atomic E-state index is 12.6. The Morgan fingerprint density at radius 3 is 2.76 bits per heavy atom. The van der Waals surface area contributed by atoms with Gasteiger partial charge in [-0.15, -0.1) is 11.8 Å². The standard InChI is InChI=1S/C17H19BN2O4S/c1-17(2,3)24-16(21)20-12-7-8-19-15(13-6-4-5-9-25-13)11(12)10-14(20)18(22)23/h4-8,10,22-23H,9H2,1-3H3.